The third-order valence-electron chi connectivity index (χ3n) is 2.63. The number of phenolic OH excluding ortho intramolecular Hbond substituents is 1. The minimum Gasteiger partial charge on any atom is -0.503 e. The first kappa shape index (κ1) is 15.7. The van der Waals surface area contributed by atoms with E-state index in [0.717, 1.165) is 5.69 Å². The summed E-state index contributed by atoms with van der Waals surface area (Å²) in [7, 11) is 0. The number of benzene rings is 1. The van der Waals surface area contributed by atoms with Crippen molar-refractivity contribution in [1.82, 2.24) is 9.66 Å². The quantitative estimate of drug-likeness (QED) is 0.806. The molecule has 0 bridgehead atoms. The highest BCUT2D eigenvalue weighted by atomic mass is 79.9. The number of aromatic nitrogens is 2. The van der Waals surface area contributed by atoms with Crippen molar-refractivity contribution in [3.8, 4) is 11.5 Å². The highest BCUT2D eigenvalue weighted by molar-refractivity contribution is 9.10. The van der Waals surface area contributed by atoms with Crippen LogP contribution in [0.5, 0.6) is 11.5 Å². The van der Waals surface area contributed by atoms with Crippen molar-refractivity contribution < 1.29 is 9.84 Å². The lowest BCUT2D eigenvalue weighted by molar-refractivity contribution is 0.318. The molecule has 2 aromatic rings. The van der Waals surface area contributed by atoms with Crippen molar-refractivity contribution in [3.05, 3.63) is 33.0 Å². The fourth-order valence-electron chi connectivity index (χ4n) is 1.69. The first-order chi connectivity index (χ1) is 9.93. The molecular formula is C13H14BrClN4O2. The monoisotopic (exact) mass is 372 g/mol. The summed E-state index contributed by atoms with van der Waals surface area (Å²) in [5.41, 5.74) is 7.12. The van der Waals surface area contributed by atoms with Crippen molar-refractivity contribution in [3.63, 3.8) is 0 Å². The van der Waals surface area contributed by atoms with Crippen LogP contribution in [0.3, 0.4) is 0 Å². The molecule has 0 radical (unpaired) electrons. The molecule has 1 aromatic heterocycles. The summed E-state index contributed by atoms with van der Waals surface area (Å²) in [6.45, 7) is 4.05. The van der Waals surface area contributed by atoms with Gasteiger partial charge in [-0.15, -0.1) is 0 Å². The molecular weight excluding hydrogens is 360 g/mol. The SMILES string of the molecule is CCOc1cc(C=Nn2cc(C)nc2N)c(Br)c(Cl)c1O. The van der Waals surface area contributed by atoms with E-state index in [1.165, 1.54) is 4.68 Å². The largest absolute Gasteiger partial charge is 0.503 e. The molecule has 21 heavy (non-hydrogen) atoms. The van der Waals surface area contributed by atoms with Gasteiger partial charge in [0.1, 0.15) is 5.02 Å². The first-order valence-electron chi connectivity index (χ1n) is 6.13. The van der Waals surface area contributed by atoms with Gasteiger partial charge in [0.25, 0.3) is 0 Å². The second-order valence-electron chi connectivity index (χ2n) is 4.20. The molecule has 1 heterocycles. The van der Waals surface area contributed by atoms with Crippen LogP contribution in [0.25, 0.3) is 0 Å². The molecule has 0 amide bonds. The van der Waals surface area contributed by atoms with Crippen LogP contribution in [0, 0.1) is 6.92 Å². The van der Waals surface area contributed by atoms with Crippen LogP contribution in [0.1, 0.15) is 18.2 Å². The Morgan fingerprint density at radius 3 is 2.90 bits per heavy atom. The van der Waals surface area contributed by atoms with Crippen molar-refractivity contribution in [1.29, 1.82) is 0 Å². The predicted molar refractivity (Wildman–Crippen MR) is 86.4 cm³/mol. The lowest BCUT2D eigenvalue weighted by Gasteiger charge is -2.10. The van der Waals surface area contributed by atoms with Gasteiger partial charge in [0.05, 0.1) is 24.7 Å². The number of ether oxygens (including phenoxy) is 1. The molecule has 0 atom stereocenters. The number of imidazole rings is 1. The number of nitrogen functional groups attached to an aromatic ring is 1. The van der Waals surface area contributed by atoms with Gasteiger partial charge >= 0.3 is 0 Å². The molecule has 0 fully saturated rings. The zero-order chi connectivity index (χ0) is 15.6. The van der Waals surface area contributed by atoms with Gasteiger partial charge < -0.3 is 15.6 Å². The molecule has 0 spiro atoms. The van der Waals surface area contributed by atoms with E-state index in [0.29, 0.717) is 22.4 Å². The van der Waals surface area contributed by atoms with Gasteiger partial charge in [-0.2, -0.15) is 5.10 Å². The van der Waals surface area contributed by atoms with Crippen LogP contribution < -0.4 is 10.5 Å². The van der Waals surface area contributed by atoms with Crippen LogP contribution in [0.4, 0.5) is 5.95 Å². The molecule has 0 unspecified atom stereocenters. The average Bonchev–Trinajstić information content (AvgIpc) is 2.76. The minimum atomic E-state index is -0.111. The van der Waals surface area contributed by atoms with Crippen molar-refractivity contribution in [2.24, 2.45) is 5.10 Å². The molecule has 1 aromatic carbocycles. The number of halogens is 2. The van der Waals surface area contributed by atoms with E-state index in [1.807, 2.05) is 13.8 Å². The van der Waals surface area contributed by atoms with E-state index in [4.69, 9.17) is 22.1 Å². The van der Waals surface area contributed by atoms with Gasteiger partial charge in [-0.1, -0.05) is 11.6 Å². The topological polar surface area (TPSA) is 85.7 Å². The normalized spacial score (nSPS) is 11.2. The number of anilines is 1. The van der Waals surface area contributed by atoms with E-state index in [-0.39, 0.29) is 16.7 Å². The second-order valence-corrected chi connectivity index (χ2v) is 5.37. The number of hydrogen-bond acceptors (Lipinski definition) is 5. The Labute approximate surface area is 135 Å². The lowest BCUT2D eigenvalue weighted by atomic mass is 10.2. The Bertz CT molecular complexity index is 700. The van der Waals surface area contributed by atoms with Crippen molar-refractivity contribution >= 4 is 39.7 Å². The van der Waals surface area contributed by atoms with Gasteiger partial charge in [-0.3, -0.25) is 0 Å². The van der Waals surface area contributed by atoms with Crippen LogP contribution in [-0.4, -0.2) is 27.6 Å². The number of hydrogen-bond donors (Lipinski definition) is 2. The maximum Gasteiger partial charge on any atom is 0.221 e. The van der Waals surface area contributed by atoms with E-state index in [1.54, 1.807) is 18.5 Å². The Kier molecular flexibility index (Phi) is 4.74. The summed E-state index contributed by atoms with van der Waals surface area (Å²) in [5.74, 6) is 0.470. The number of rotatable bonds is 4. The van der Waals surface area contributed by atoms with Gasteiger partial charge in [0.15, 0.2) is 11.5 Å². The predicted octanol–water partition coefficient (Wildman–Crippen LogP) is 3.18. The molecule has 6 nitrogen and oxygen atoms in total. The van der Waals surface area contributed by atoms with Crippen molar-refractivity contribution in [2.45, 2.75) is 13.8 Å². The Balaban J connectivity index is 2.42. The Hall–Kier alpha value is -1.73. The summed E-state index contributed by atoms with van der Waals surface area (Å²) in [6.07, 6.45) is 3.25. The summed E-state index contributed by atoms with van der Waals surface area (Å²) < 4.78 is 7.30. The summed E-state index contributed by atoms with van der Waals surface area (Å²) >= 11 is 9.38. The highest BCUT2D eigenvalue weighted by Crippen LogP contribution is 2.41. The number of aromatic hydroxyl groups is 1. The number of aryl methyl sites for hydroxylation is 1. The molecule has 3 N–H and O–H groups in total. The number of nitrogens with zero attached hydrogens (tertiary/aromatic N) is 3. The first-order valence-corrected chi connectivity index (χ1v) is 7.30. The zero-order valence-corrected chi connectivity index (χ0v) is 13.8. The van der Waals surface area contributed by atoms with Crippen LogP contribution in [-0.2, 0) is 0 Å². The third kappa shape index (κ3) is 3.30. The molecule has 0 aliphatic carbocycles. The number of nitrogens with two attached hydrogens (primary N) is 1. The van der Waals surface area contributed by atoms with E-state index in [9.17, 15) is 5.11 Å². The molecule has 0 aliphatic rings. The van der Waals surface area contributed by atoms with E-state index < -0.39 is 0 Å². The van der Waals surface area contributed by atoms with Gasteiger partial charge in [0, 0.05) is 10.0 Å². The summed E-state index contributed by atoms with van der Waals surface area (Å²) in [4.78, 5) is 4.05. The average molecular weight is 374 g/mol. The fraction of sp³-hybridized carbons (Fsp3) is 0.231. The third-order valence-corrected chi connectivity index (χ3v) is 4.08. The molecule has 0 saturated carbocycles. The highest BCUT2D eigenvalue weighted by Gasteiger charge is 2.14. The number of phenols is 1. The fourth-order valence-corrected chi connectivity index (χ4v) is 2.30. The summed E-state index contributed by atoms with van der Waals surface area (Å²) in [5, 5.41) is 14.3. The van der Waals surface area contributed by atoms with Crippen molar-refractivity contribution in [2.75, 3.05) is 12.3 Å². The van der Waals surface area contributed by atoms with Gasteiger partial charge in [-0.05, 0) is 35.8 Å². The van der Waals surface area contributed by atoms with Gasteiger partial charge in [0.2, 0.25) is 5.95 Å². The smallest absolute Gasteiger partial charge is 0.221 e. The van der Waals surface area contributed by atoms with Gasteiger partial charge in [-0.25, -0.2) is 9.66 Å². The Morgan fingerprint density at radius 2 is 2.33 bits per heavy atom. The molecule has 0 aliphatic heterocycles. The molecule has 2 rings (SSSR count). The lowest BCUT2D eigenvalue weighted by Crippen LogP contribution is -1.98. The minimum absolute atomic E-state index is 0.111. The Morgan fingerprint density at radius 1 is 1.62 bits per heavy atom. The molecule has 0 saturated heterocycles. The molecule has 8 heteroatoms. The zero-order valence-electron chi connectivity index (χ0n) is 11.5. The van der Waals surface area contributed by atoms with E-state index in [2.05, 4.69) is 26.0 Å². The second kappa shape index (κ2) is 6.36. The van der Waals surface area contributed by atoms with E-state index >= 15 is 0 Å². The maximum absolute atomic E-state index is 9.90. The summed E-state index contributed by atoms with van der Waals surface area (Å²) in [6, 6.07) is 1.64. The molecule has 112 valence electrons. The maximum atomic E-state index is 9.90. The van der Waals surface area contributed by atoms with Crippen LogP contribution >= 0.6 is 27.5 Å². The standard InChI is InChI=1S/C13H14BrClN4O2/c1-3-21-9-4-8(10(14)11(15)12(9)20)5-17-19-6-7(2)18-13(19)16/h4-6,20H,3H2,1-2H3,(H2,16,18). The van der Waals surface area contributed by atoms with Crippen LogP contribution in [0.2, 0.25) is 5.02 Å². The van der Waals surface area contributed by atoms with Crippen LogP contribution in [0.15, 0.2) is 21.8 Å².